The van der Waals surface area contributed by atoms with Crippen molar-refractivity contribution in [3.05, 3.63) is 36.4 Å². The first-order valence-corrected chi connectivity index (χ1v) is 4.99. The van der Waals surface area contributed by atoms with Gasteiger partial charge in [0, 0.05) is 5.56 Å². The summed E-state index contributed by atoms with van der Waals surface area (Å²) in [7, 11) is 0. The Balaban J connectivity index is 2.91. The zero-order valence-corrected chi connectivity index (χ0v) is 9.21. The maximum atomic E-state index is 5.90. The highest BCUT2D eigenvalue weighted by Gasteiger charge is 2.17. The number of benzene rings is 1. The molecule has 0 aliphatic heterocycles. The Morgan fingerprint density at radius 2 is 2.00 bits per heavy atom. The van der Waals surface area contributed by atoms with Crippen LogP contribution < -0.4 is 4.74 Å². The lowest BCUT2D eigenvalue weighted by atomic mass is 10.1. The van der Waals surface area contributed by atoms with E-state index in [0.717, 1.165) is 17.7 Å². The minimum atomic E-state index is -0.112. The molecule has 0 aliphatic carbocycles. The predicted octanol–water partition coefficient (Wildman–Crippen LogP) is 3.90. The molecule has 76 valence electrons. The Kier molecular flexibility index (Phi) is 3.34. The minimum Gasteiger partial charge on any atom is -0.487 e. The summed E-state index contributed by atoms with van der Waals surface area (Å²) in [6, 6.07) is 7.96. The third-order valence-corrected chi connectivity index (χ3v) is 2.38. The molecular weight excluding hydrogens is 172 g/mol. The molecule has 0 bridgehead atoms. The van der Waals surface area contributed by atoms with Gasteiger partial charge in [-0.2, -0.15) is 0 Å². The van der Waals surface area contributed by atoms with Gasteiger partial charge in [0.15, 0.2) is 0 Å². The van der Waals surface area contributed by atoms with Gasteiger partial charge in [0.25, 0.3) is 0 Å². The SMILES string of the molecule is C=Cc1ccccc1OC(C)(C)CC. The lowest BCUT2D eigenvalue weighted by molar-refractivity contribution is 0.105. The average molecular weight is 190 g/mol. The van der Waals surface area contributed by atoms with Crippen molar-refractivity contribution in [2.45, 2.75) is 32.8 Å². The van der Waals surface area contributed by atoms with Gasteiger partial charge in [-0.05, 0) is 26.3 Å². The number of hydrogen-bond acceptors (Lipinski definition) is 1. The highest BCUT2D eigenvalue weighted by Crippen LogP contribution is 2.25. The van der Waals surface area contributed by atoms with Crippen LogP contribution in [-0.4, -0.2) is 5.60 Å². The lowest BCUT2D eigenvalue weighted by Gasteiger charge is -2.25. The Hall–Kier alpha value is -1.24. The minimum absolute atomic E-state index is 0.112. The van der Waals surface area contributed by atoms with Gasteiger partial charge in [-0.3, -0.25) is 0 Å². The largest absolute Gasteiger partial charge is 0.487 e. The fourth-order valence-corrected chi connectivity index (χ4v) is 1.11. The van der Waals surface area contributed by atoms with E-state index < -0.39 is 0 Å². The Labute approximate surface area is 86.4 Å². The van der Waals surface area contributed by atoms with E-state index in [0.29, 0.717) is 0 Å². The van der Waals surface area contributed by atoms with Crippen LogP contribution in [0.4, 0.5) is 0 Å². The Bertz CT molecular complexity index is 313. The molecular formula is C13H18O. The molecule has 0 unspecified atom stereocenters. The Morgan fingerprint density at radius 1 is 1.36 bits per heavy atom. The van der Waals surface area contributed by atoms with Gasteiger partial charge in [0.1, 0.15) is 11.4 Å². The molecule has 0 spiro atoms. The second-order valence-corrected chi connectivity index (χ2v) is 3.96. The summed E-state index contributed by atoms with van der Waals surface area (Å²) in [4.78, 5) is 0. The molecule has 0 amide bonds. The van der Waals surface area contributed by atoms with E-state index in [4.69, 9.17) is 4.74 Å². The van der Waals surface area contributed by atoms with Gasteiger partial charge >= 0.3 is 0 Å². The number of para-hydroxylation sites is 1. The van der Waals surface area contributed by atoms with Crippen LogP contribution in [-0.2, 0) is 0 Å². The molecule has 0 aliphatic rings. The van der Waals surface area contributed by atoms with Gasteiger partial charge < -0.3 is 4.74 Å². The summed E-state index contributed by atoms with van der Waals surface area (Å²) in [5, 5.41) is 0. The van der Waals surface area contributed by atoms with Crippen LogP contribution in [0, 0.1) is 0 Å². The molecule has 1 aromatic rings. The van der Waals surface area contributed by atoms with Crippen molar-refractivity contribution >= 4 is 6.08 Å². The van der Waals surface area contributed by atoms with E-state index in [1.807, 2.05) is 30.3 Å². The average Bonchev–Trinajstić information content (AvgIpc) is 2.18. The van der Waals surface area contributed by atoms with E-state index >= 15 is 0 Å². The molecule has 0 N–H and O–H groups in total. The van der Waals surface area contributed by atoms with Crippen LogP contribution in [0.2, 0.25) is 0 Å². The van der Waals surface area contributed by atoms with Crippen LogP contribution in [0.25, 0.3) is 6.08 Å². The smallest absolute Gasteiger partial charge is 0.127 e. The molecule has 1 aromatic carbocycles. The molecule has 0 saturated heterocycles. The first kappa shape index (κ1) is 10.8. The normalized spacial score (nSPS) is 11.1. The number of hydrogen-bond donors (Lipinski definition) is 0. The van der Waals surface area contributed by atoms with Gasteiger partial charge in [-0.25, -0.2) is 0 Å². The summed E-state index contributed by atoms with van der Waals surface area (Å²) in [5.41, 5.74) is 0.938. The summed E-state index contributed by atoms with van der Waals surface area (Å²) in [6.07, 6.45) is 2.81. The van der Waals surface area contributed by atoms with E-state index in [-0.39, 0.29) is 5.60 Å². The summed E-state index contributed by atoms with van der Waals surface area (Å²) in [6.45, 7) is 10.1. The Morgan fingerprint density at radius 3 is 2.57 bits per heavy atom. The number of rotatable bonds is 4. The van der Waals surface area contributed by atoms with Crippen LogP contribution in [0.5, 0.6) is 5.75 Å². The summed E-state index contributed by atoms with van der Waals surface area (Å²) in [5.74, 6) is 0.911. The highest BCUT2D eigenvalue weighted by atomic mass is 16.5. The van der Waals surface area contributed by atoms with Gasteiger partial charge in [0.05, 0.1) is 0 Å². The van der Waals surface area contributed by atoms with Crippen molar-refractivity contribution in [3.8, 4) is 5.75 Å². The third-order valence-electron chi connectivity index (χ3n) is 2.38. The van der Waals surface area contributed by atoms with Crippen LogP contribution in [0.3, 0.4) is 0 Å². The summed E-state index contributed by atoms with van der Waals surface area (Å²) < 4.78 is 5.90. The molecule has 1 nitrogen and oxygen atoms in total. The lowest BCUT2D eigenvalue weighted by Crippen LogP contribution is -2.27. The van der Waals surface area contributed by atoms with Gasteiger partial charge in [0.2, 0.25) is 0 Å². The second kappa shape index (κ2) is 4.32. The van der Waals surface area contributed by atoms with Crippen molar-refractivity contribution in [2.24, 2.45) is 0 Å². The molecule has 0 atom stereocenters. The van der Waals surface area contributed by atoms with E-state index in [2.05, 4.69) is 27.4 Å². The fourth-order valence-electron chi connectivity index (χ4n) is 1.11. The van der Waals surface area contributed by atoms with Gasteiger partial charge in [-0.1, -0.05) is 37.8 Å². The molecule has 1 rings (SSSR count). The molecule has 0 saturated carbocycles. The maximum Gasteiger partial charge on any atom is 0.127 e. The monoisotopic (exact) mass is 190 g/mol. The van der Waals surface area contributed by atoms with Crippen LogP contribution >= 0.6 is 0 Å². The topological polar surface area (TPSA) is 9.23 Å². The van der Waals surface area contributed by atoms with Crippen LogP contribution in [0.15, 0.2) is 30.8 Å². The molecule has 0 heterocycles. The zero-order valence-electron chi connectivity index (χ0n) is 9.21. The summed E-state index contributed by atoms with van der Waals surface area (Å²) >= 11 is 0. The molecule has 14 heavy (non-hydrogen) atoms. The predicted molar refractivity (Wildman–Crippen MR) is 61.5 cm³/mol. The molecule has 1 heteroatoms. The second-order valence-electron chi connectivity index (χ2n) is 3.96. The van der Waals surface area contributed by atoms with Crippen molar-refractivity contribution in [3.63, 3.8) is 0 Å². The van der Waals surface area contributed by atoms with Crippen molar-refractivity contribution in [1.82, 2.24) is 0 Å². The maximum absolute atomic E-state index is 5.90. The van der Waals surface area contributed by atoms with Crippen molar-refractivity contribution < 1.29 is 4.74 Å². The van der Waals surface area contributed by atoms with Crippen LogP contribution in [0.1, 0.15) is 32.8 Å². The number of ether oxygens (including phenoxy) is 1. The van der Waals surface area contributed by atoms with Crippen molar-refractivity contribution in [1.29, 1.82) is 0 Å². The highest BCUT2D eigenvalue weighted by molar-refractivity contribution is 5.55. The van der Waals surface area contributed by atoms with Gasteiger partial charge in [-0.15, -0.1) is 0 Å². The first-order valence-electron chi connectivity index (χ1n) is 4.99. The van der Waals surface area contributed by atoms with E-state index in [1.54, 1.807) is 0 Å². The van der Waals surface area contributed by atoms with E-state index in [9.17, 15) is 0 Å². The fraction of sp³-hybridized carbons (Fsp3) is 0.385. The quantitative estimate of drug-likeness (QED) is 0.699. The van der Waals surface area contributed by atoms with E-state index in [1.165, 1.54) is 0 Å². The zero-order chi connectivity index (χ0) is 10.6. The molecule has 0 radical (unpaired) electrons. The standard InChI is InChI=1S/C13H18O/c1-5-11-9-7-8-10-12(11)14-13(3,4)6-2/h5,7-10H,1,6H2,2-4H3. The molecule has 0 aromatic heterocycles. The first-order chi connectivity index (χ1) is 6.59. The van der Waals surface area contributed by atoms with Crippen molar-refractivity contribution in [2.75, 3.05) is 0 Å². The third kappa shape index (κ3) is 2.63. The molecule has 0 fully saturated rings.